The van der Waals surface area contributed by atoms with Gasteiger partial charge in [0.25, 0.3) is 0 Å². The maximum absolute atomic E-state index is 8.02. The van der Waals surface area contributed by atoms with Gasteiger partial charge in [0.05, 0.1) is 12.6 Å². The van der Waals surface area contributed by atoms with Crippen LogP contribution in [0.5, 0.6) is 0 Å². The highest BCUT2D eigenvalue weighted by molar-refractivity contribution is 4.83. The van der Waals surface area contributed by atoms with Crippen LogP contribution in [0.15, 0.2) is 5.11 Å². The van der Waals surface area contributed by atoms with Crippen molar-refractivity contribution in [1.29, 1.82) is 0 Å². The Bertz CT molecular complexity index is 149. The van der Waals surface area contributed by atoms with Crippen molar-refractivity contribution in [3.8, 4) is 0 Å². The number of ether oxygens (including phenoxy) is 1. The second-order valence-corrected chi connectivity index (χ2v) is 2.53. The largest absolute Gasteiger partial charge is 0.381 e. The first kappa shape index (κ1) is 7.38. The highest BCUT2D eigenvalue weighted by Crippen LogP contribution is 2.34. The van der Waals surface area contributed by atoms with Crippen molar-refractivity contribution in [2.75, 3.05) is 13.7 Å². The summed E-state index contributed by atoms with van der Waals surface area (Å²) in [6, 6.07) is 0. The highest BCUT2D eigenvalue weighted by Gasteiger charge is 2.30. The molecule has 0 amide bonds. The first-order valence-electron chi connectivity index (χ1n) is 3.42. The van der Waals surface area contributed by atoms with Gasteiger partial charge in [-0.25, -0.2) is 0 Å². The van der Waals surface area contributed by atoms with Crippen LogP contribution < -0.4 is 0 Å². The summed E-state index contributed by atoms with van der Waals surface area (Å²) in [6.45, 7) is 0.484. The standard InChI is InChI=1S/C6H11N3O/c1-10-6(4-8-9-7)5-2-3-5/h5-6H,2-4H2,1H3/t6-/m0/s1. The lowest BCUT2D eigenvalue weighted by atomic mass is 10.2. The van der Waals surface area contributed by atoms with E-state index >= 15 is 0 Å². The molecule has 1 atom stereocenters. The average molecular weight is 141 g/mol. The Balaban J connectivity index is 2.25. The van der Waals surface area contributed by atoms with Gasteiger partial charge in [-0.05, 0) is 24.3 Å². The van der Waals surface area contributed by atoms with Crippen LogP contribution in [0.1, 0.15) is 12.8 Å². The summed E-state index contributed by atoms with van der Waals surface area (Å²) in [4.78, 5) is 2.68. The monoisotopic (exact) mass is 141 g/mol. The van der Waals surface area contributed by atoms with Crippen molar-refractivity contribution in [2.45, 2.75) is 18.9 Å². The van der Waals surface area contributed by atoms with Crippen LogP contribution in [0.3, 0.4) is 0 Å². The van der Waals surface area contributed by atoms with Crippen molar-refractivity contribution >= 4 is 0 Å². The zero-order valence-electron chi connectivity index (χ0n) is 6.03. The molecule has 1 rings (SSSR count). The molecule has 0 spiro atoms. The molecule has 1 saturated carbocycles. The van der Waals surface area contributed by atoms with E-state index in [4.69, 9.17) is 10.3 Å². The summed E-state index contributed by atoms with van der Waals surface area (Å²) in [6.07, 6.45) is 2.61. The normalized spacial score (nSPS) is 19.7. The molecule has 0 unspecified atom stereocenters. The van der Waals surface area contributed by atoms with Crippen LogP contribution in [-0.4, -0.2) is 19.8 Å². The van der Waals surface area contributed by atoms with E-state index in [1.54, 1.807) is 7.11 Å². The molecule has 1 aliphatic carbocycles. The van der Waals surface area contributed by atoms with Gasteiger partial charge >= 0.3 is 0 Å². The first-order valence-corrected chi connectivity index (χ1v) is 3.42. The molecule has 1 fully saturated rings. The fourth-order valence-electron chi connectivity index (χ4n) is 1.00. The predicted molar refractivity (Wildman–Crippen MR) is 37.5 cm³/mol. The summed E-state index contributed by atoms with van der Waals surface area (Å²) in [7, 11) is 1.66. The van der Waals surface area contributed by atoms with E-state index < -0.39 is 0 Å². The van der Waals surface area contributed by atoms with Crippen molar-refractivity contribution in [1.82, 2.24) is 0 Å². The fraction of sp³-hybridized carbons (Fsp3) is 1.00. The third-order valence-corrected chi connectivity index (χ3v) is 1.78. The Morgan fingerprint density at radius 1 is 1.80 bits per heavy atom. The summed E-state index contributed by atoms with van der Waals surface area (Å²) >= 11 is 0. The van der Waals surface area contributed by atoms with Crippen LogP contribution in [0, 0.1) is 5.92 Å². The van der Waals surface area contributed by atoms with Gasteiger partial charge < -0.3 is 4.74 Å². The highest BCUT2D eigenvalue weighted by atomic mass is 16.5. The van der Waals surface area contributed by atoms with Gasteiger partial charge in [-0.1, -0.05) is 5.11 Å². The van der Waals surface area contributed by atoms with E-state index in [0.29, 0.717) is 12.5 Å². The summed E-state index contributed by atoms with van der Waals surface area (Å²) in [5.41, 5.74) is 8.02. The number of hydrogen-bond acceptors (Lipinski definition) is 2. The molecule has 1 aliphatic rings. The molecule has 0 aromatic carbocycles. The average Bonchev–Trinajstić information content (AvgIpc) is 2.73. The van der Waals surface area contributed by atoms with Crippen molar-refractivity contribution in [3.05, 3.63) is 10.4 Å². The van der Waals surface area contributed by atoms with Gasteiger partial charge in [0.2, 0.25) is 0 Å². The van der Waals surface area contributed by atoms with Crippen LogP contribution in [-0.2, 0) is 4.74 Å². The Morgan fingerprint density at radius 2 is 2.50 bits per heavy atom. The quantitative estimate of drug-likeness (QED) is 0.334. The lowest BCUT2D eigenvalue weighted by Gasteiger charge is -2.09. The van der Waals surface area contributed by atoms with E-state index in [9.17, 15) is 0 Å². The van der Waals surface area contributed by atoms with Crippen LogP contribution in [0.25, 0.3) is 10.4 Å². The molecule has 0 aliphatic heterocycles. The van der Waals surface area contributed by atoms with Crippen LogP contribution >= 0.6 is 0 Å². The molecule has 0 heterocycles. The molecule has 0 radical (unpaired) electrons. The third-order valence-electron chi connectivity index (χ3n) is 1.78. The molecule has 56 valence electrons. The van der Waals surface area contributed by atoms with Gasteiger partial charge in [0, 0.05) is 12.0 Å². The minimum Gasteiger partial charge on any atom is -0.381 e. The van der Waals surface area contributed by atoms with Gasteiger partial charge in [0.15, 0.2) is 0 Å². The lowest BCUT2D eigenvalue weighted by molar-refractivity contribution is 0.0916. The molecular formula is C6H11N3O. The first-order chi connectivity index (χ1) is 4.88. The summed E-state index contributed by atoms with van der Waals surface area (Å²) < 4.78 is 5.11. The van der Waals surface area contributed by atoms with Gasteiger partial charge in [-0.15, -0.1) is 0 Å². The molecule has 4 heteroatoms. The number of rotatable bonds is 4. The van der Waals surface area contributed by atoms with Crippen molar-refractivity contribution < 1.29 is 4.74 Å². The number of methoxy groups -OCH3 is 1. The molecule has 0 aromatic rings. The lowest BCUT2D eigenvalue weighted by Crippen LogP contribution is -2.16. The molecule has 10 heavy (non-hydrogen) atoms. The van der Waals surface area contributed by atoms with Crippen molar-refractivity contribution in [3.63, 3.8) is 0 Å². The van der Waals surface area contributed by atoms with Gasteiger partial charge in [-0.2, -0.15) is 0 Å². The Morgan fingerprint density at radius 3 is 2.90 bits per heavy atom. The molecule has 0 aromatic heterocycles. The smallest absolute Gasteiger partial charge is 0.0655 e. The number of azide groups is 1. The molecular weight excluding hydrogens is 130 g/mol. The summed E-state index contributed by atoms with van der Waals surface area (Å²) in [5, 5.41) is 3.46. The molecule has 0 bridgehead atoms. The fourth-order valence-corrected chi connectivity index (χ4v) is 1.00. The second kappa shape index (κ2) is 3.44. The zero-order valence-corrected chi connectivity index (χ0v) is 6.03. The maximum atomic E-state index is 8.02. The van der Waals surface area contributed by atoms with Crippen LogP contribution in [0.4, 0.5) is 0 Å². The Labute approximate surface area is 59.8 Å². The van der Waals surface area contributed by atoms with E-state index in [1.165, 1.54) is 12.8 Å². The van der Waals surface area contributed by atoms with E-state index in [-0.39, 0.29) is 6.10 Å². The second-order valence-electron chi connectivity index (χ2n) is 2.53. The third kappa shape index (κ3) is 1.90. The maximum Gasteiger partial charge on any atom is 0.0655 e. The van der Waals surface area contributed by atoms with Crippen molar-refractivity contribution in [2.24, 2.45) is 11.0 Å². The SMILES string of the molecule is CO[C@@H](CN=[N+]=[N-])C1CC1. The topological polar surface area (TPSA) is 58.0 Å². The molecule has 0 N–H and O–H groups in total. The van der Waals surface area contributed by atoms with E-state index in [1.807, 2.05) is 0 Å². The van der Waals surface area contributed by atoms with Crippen LogP contribution in [0.2, 0.25) is 0 Å². The minimum absolute atomic E-state index is 0.163. The number of hydrogen-bond donors (Lipinski definition) is 0. The predicted octanol–water partition coefficient (Wildman–Crippen LogP) is 1.72. The summed E-state index contributed by atoms with van der Waals surface area (Å²) in [5.74, 6) is 0.649. The Hall–Kier alpha value is -0.730. The molecule has 4 nitrogen and oxygen atoms in total. The minimum atomic E-state index is 0.163. The van der Waals surface area contributed by atoms with E-state index in [0.717, 1.165) is 0 Å². The molecule has 0 saturated heterocycles. The Kier molecular flexibility index (Phi) is 2.54. The van der Waals surface area contributed by atoms with E-state index in [2.05, 4.69) is 10.0 Å². The van der Waals surface area contributed by atoms with Gasteiger partial charge in [-0.3, -0.25) is 0 Å². The van der Waals surface area contributed by atoms with Gasteiger partial charge in [0.1, 0.15) is 0 Å². The number of nitrogens with zero attached hydrogens (tertiary/aromatic N) is 3. The zero-order chi connectivity index (χ0) is 7.40.